The molecule has 1 heterocycles. The molecule has 1 aromatic rings. The number of carboxylic acids is 1. The van der Waals surface area contributed by atoms with E-state index in [9.17, 15) is 9.59 Å². The summed E-state index contributed by atoms with van der Waals surface area (Å²) in [5.41, 5.74) is 0.603. The van der Waals surface area contributed by atoms with Crippen molar-refractivity contribution in [1.82, 2.24) is 4.98 Å². The molecule has 5 heteroatoms. The minimum absolute atomic E-state index is 0.105. The second-order valence-corrected chi connectivity index (χ2v) is 2.86. The van der Waals surface area contributed by atoms with Crippen molar-refractivity contribution in [3.8, 4) is 0 Å². The van der Waals surface area contributed by atoms with E-state index in [-0.39, 0.29) is 5.56 Å². The number of ether oxygens (including phenoxy) is 1. The number of hydrogen-bond donors (Lipinski definition) is 1. The van der Waals surface area contributed by atoms with Crippen LogP contribution < -0.4 is 0 Å². The van der Waals surface area contributed by atoms with Crippen molar-refractivity contribution in [2.75, 3.05) is 6.61 Å². The lowest BCUT2D eigenvalue weighted by Gasteiger charge is -1.96. The molecule has 0 atom stereocenters. The second kappa shape index (κ2) is 5.65. The van der Waals surface area contributed by atoms with Crippen molar-refractivity contribution in [3.63, 3.8) is 0 Å². The van der Waals surface area contributed by atoms with Gasteiger partial charge >= 0.3 is 11.9 Å². The Hall–Kier alpha value is -2.17. The Morgan fingerprint density at radius 3 is 2.75 bits per heavy atom. The summed E-state index contributed by atoms with van der Waals surface area (Å²) in [5, 5.41) is 8.63. The van der Waals surface area contributed by atoms with E-state index in [1.807, 2.05) is 0 Å². The number of carbonyl (C=O) groups excluding carboxylic acids is 1. The van der Waals surface area contributed by atoms with Gasteiger partial charge in [-0.25, -0.2) is 9.59 Å². The molecule has 0 aromatic carbocycles. The highest BCUT2D eigenvalue weighted by atomic mass is 16.5. The molecule has 0 bridgehead atoms. The number of rotatable bonds is 4. The Kier molecular flexibility index (Phi) is 4.20. The standard InChI is InChI=1S/C11H11NO4/c1-2-16-10(13)6-5-9-4-3-8(7-12-9)11(14)15/h3-7H,2H2,1H3,(H,14,15)/b6-5+. The lowest BCUT2D eigenvalue weighted by Crippen LogP contribution is -1.99. The fourth-order valence-electron chi connectivity index (χ4n) is 0.974. The van der Waals surface area contributed by atoms with Gasteiger partial charge in [-0.15, -0.1) is 0 Å². The number of carboxylic acid groups (broad SMARTS) is 1. The third-order valence-corrected chi connectivity index (χ3v) is 1.71. The van der Waals surface area contributed by atoms with Crippen LogP contribution in [0.25, 0.3) is 6.08 Å². The van der Waals surface area contributed by atoms with E-state index in [1.165, 1.54) is 30.5 Å². The molecule has 0 aliphatic heterocycles. The number of hydrogen-bond acceptors (Lipinski definition) is 4. The summed E-state index contributed by atoms with van der Waals surface area (Å²) in [4.78, 5) is 25.3. The van der Waals surface area contributed by atoms with Crippen LogP contribution in [0, 0.1) is 0 Å². The first-order valence-corrected chi connectivity index (χ1v) is 4.67. The third kappa shape index (κ3) is 3.53. The van der Waals surface area contributed by atoms with Crippen molar-refractivity contribution in [2.24, 2.45) is 0 Å². The van der Waals surface area contributed by atoms with Gasteiger partial charge in [-0.3, -0.25) is 4.98 Å². The van der Waals surface area contributed by atoms with Gasteiger partial charge in [-0.05, 0) is 25.1 Å². The van der Waals surface area contributed by atoms with Crippen molar-refractivity contribution in [1.29, 1.82) is 0 Å². The molecular weight excluding hydrogens is 210 g/mol. The Morgan fingerprint density at radius 1 is 1.50 bits per heavy atom. The van der Waals surface area contributed by atoms with Gasteiger partial charge in [0.25, 0.3) is 0 Å². The molecule has 0 spiro atoms. The maximum Gasteiger partial charge on any atom is 0.337 e. The van der Waals surface area contributed by atoms with E-state index in [0.29, 0.717) is 12.3 Å². The summed E-state index contributed by atoms with van der Waals surface area (Å²) in [6.45, 7) is 2.03. The molecule has 0 amide bonds. The zero-order valence-electron chi connectivity index (χ0n) is 8.71. The quantitative estimate of drug-likeness (QED) is 0.613. The van der Waals surface area contributed by atoms with Crippen LogP contribution in [0.15, 0.2) is 24.4 Å². The molecule has 5 nitrogen and oxygen atoms in total. The van der Waals surface area contributed by atoms with Gasteiger partial charge in [0.2, 0.25) is 0 Å². The van der Waals surface area contributed by atoms with Crippen LogP contribution in [0.5, 0.6) is 0 Å². The number of pyridine rings is 1. The Labute approximate surface area is 92.4 Å². The van der Waals surface area contributed by atoms with E-state index in [2.05, 4.69) is 9.72 Å². The molecule has 0 fully saturated rings. The minimum atomic E-state index is -1.03. The Balaban J connectivity index is 2.68. The first-order chi connectivity index (χ1) is 7.63. The van der Waals surface area contributed by atoms with E-state index >= 15 is 0 Å². The van der Waals surface area contributed by atoms with Crippen molar-refractivity contribution < 1.29 is 19.4 Å². The molecule has 1 N–H and O–H groups in total. The first kappa shape index (κ1) is 11.9. The Bertz CT molecular complexity index is 408. The molecular formula is C11H11NO4. The summed E-state index contributed by atoms with van der Waals surface area (Å²) in [5.74, 6) is -1.49. The van der Waals surface area contributed by atoms with Crippen LogP contribution in [0.2, 0.25) is 0 Å². The summed E-state index contributed by atoms with van der Waals surface area (Å²) in [6, 6.07) is 2.93. The molecule has 0 radical (unpaired) electrons. The minimum Gasteiger partial charge on any atom is -0.478 e. The van der Waals surface area contributed by atoms with Crippen LogP contribution in [-0.4, -0.2) is 28.6 Å². The number of esters is 1. The number of aromatic nitrogens is 1. The summed E-state index contributed by atoms with van der Waals surface area (Å²) in [6.07, 6.45) is 3.93. The maximum absolute atomic E-state index is 11.0. The first-order valence-electron chi connectivity index (χ1n) is 4.67. The van der Waals surface area contributed by atoms with Gasteiger partial charge in [0.05, 0.1) is 17.9 Å². The van der Waals surface area contributed by atoms with E-state index in [4.69, 9.17) is 5.11 Å². The largest absolute Gasteiger partial charge is 0.478 e. The molecule has 16 heavy (non-hydrogen) atoms. The average Bonchev–Trinajstić information content (AvgIpc) is 2.27. The normalized spacial score (nSPS) is 10.3. The smallest absolute Gasteiger partial charge is 0.337 e. The lowest BCUT2D eigenvalue weighted by atomic mass is 10.2. The monoisotopic (exact) mass is 221 g/mol. The van der Waals surface area contributed by atoms with Crippen molar-refractivity contribution in [3.05, 3.63) is 35.7 Å². The SMILES string of the molecule is CCOC(=O)/C=C/c1ccc(C(=O)O)cn1. The van der Waals surface area contributed by atoms with Crippen LogP contribution in [-0.2, 0) is 9.53 Å². The van der Waals surface area contributed by atoms with Crippen LogP contribution in [0.3, 0.4) is 0 Å². The van der Waals surface area contributed by atoms with E-state index < -0.39 is 11.9 Å². The van der Waals surface area contributed by atoms with Crippen LogP contribution >= 0.6 is 0 Å². The number of aromatic carboxylic acids is 1. The van der Waals surface area contributed by atoms with Crippen LogP contribution in [0.1, 0.15) is 23.0 Å². The highest BCUT2D eigenvalue weighted by Crippen LogP contribution is 2.02. The number of nitrogens with zero attached hydrogens (tertiary/aromatic N) is 1. The topological polar surface area (TPSA) is 76.5 Å². The fraction of sp³-hybridized carbons (Fsp3) is 0.182. The summed E-state index contributed by atoms with van der Waals surface area (Å²) >= 11 is 0. The van der Waals surface area contributed by atoms with Gasteiger partial charge in [-0.2, -0.15) is 0 Å². The van der Waals surface area contributed by atoms with Crippen LogP contribution in [0.4, 0.5) is 0 Å². The lowest BCUT2D eigenvalue weighted by molar-refractivity contribution is -0.137. The molecule has 0 aliphatic carbocycles. The zero-order valence-corrected chi connectivity index (χ0v) is 8.71. The van der Waals surface area contributed by atoms with Crippen molar-refractivity contribution in [2.45, 2.75) is 6.92 Å². The fourth-order valence-corrected chi connectivity index (χ4v) is 0.974. The van der Waals surface area contributed by atoms with Gasteiger partial charge < -0.3 is 9.84 Å². The molecule has 0 saturated heterocycles. The highest BCUT2D eigenvalue weighted by molar-refractivity contribution is 5.88. The molecule has 0 aliphatic rings. The molecule has 1 aromatic heterocycles. The van der Waals surface area contributed by atoms with E-state index in [0.717, 1.165) is 0 Å². The molecule has 0 unspecified atom stereocenters. The number of carbonyl (C=O) groups is 2. The van der Waals surface area contributed by atoms with Gasteiger partial charge in [0.15, 0.2) is 0 Å². The van der Waals surface area contributed by atoms with Crippen molar-refractivity contribution >= 4 is 18.0 Å². The molecule has 84 valence electrons. The third-order valence-electron chi connectivity index (χ3n) is 1.71. The van der Waals surface area contributed by atoms with Gasteiger partial charge in [0.1, 0.15) is 0 Å². The van der Waals surface area contributed by atoms with Gasteiger partial charge in [0, 0.05) is 12.3 Å². The second-order valence-electron chi connectivity index (χ2n) is 2.86. The zero-order chi connectivity index (χ0) is 12.0. The average molecular weight is 221 g/mol. The molecule has 1 rings (SSSR count). The molecule has 0 saturated carbocycles. The maximum atomic E-state index is 11.0. The Morgan fingerprint density at radius 2 is 2.25 bits per heavy atom. The highest BCUT2D eigenvalue weighted by Gasteiger charge is 2.01. The van der Waals surface area contributed by atoms with E-state index in [1.54, 1.807) is 6.92 Å². The summed E-state index contributed by atoms with van der Waals surface area (Å²) in [7, 11) is 0. The predicted molar refractivity (Wildman–Crippen MR) is 56.9 cm³/mol. The predicted octanol–water partition coefficient (Wildman–Crippen LogP) is 1.36. The van der Waals surface area contributed by atoms with Gasteiger partial charge in [-0.1, -0.05) is 0 Å². The summed E-state index contributed by atoms with van der Waals surface area (Å²) < 4.78 is 4.68.